The Morgan fingerprint density at radius 2 is 2.22 bits per heavy atom. The molecule has 0 fully saturated rings. The number of rotatable bonds is 4. The Kier molecular flexibility index (Phi) is 2.82. The van der Waals surface area contributed by atoms with Crippen molar-refractivity contribution in [2.75, 3.05) is 11.9 Å². The Labute approximate surface area is 108 Å². The Balaban J connectivity index is 1.66. The van der Waals surface area contributed by atoms with E-state index in [0.29, 0.717) is 5.92 Å². The molecule has 18 heavy (non-hydrogen) atoms. The van der Waals surface area contributed by atoms with Crippen molar-refractivity contribution in [3.05, 3.63) is 47.3 Å². The van der Waals surface area contributed by atoms with E-state index in [1.807, 2.05) is 6.92 Å². The van der Waals surface area contributed by atoms with Crippen LogP contribution in [0.3, 0.4) is 0 Å². The van der Waals surface area contributed by atoms with Crippen molar-refractivity contribution in [3.63, 3.8) is 0 Å². The topological polar surface area (TPSA) is 29.9 Å². The highest BCUT2D eigenvalue weighted by molar-refractivity contribution is 5.42. The third-order valence-electron chi connectivity index (χ3n) is 3.71. The first-order valence-corrected chi connectivity index (χ1v) is 6.63. The second-order valence-corrected chi connectivity index (χ2v) is 4.97. The number of benzene rings is 1. The van der Waals surface area contributed by atoms with Crippen LogP contribution in [0.15, 0.2) is 30.5 Å². The molecule has 1 aromatic carbocycles. The first-order valence-electron chi connectivity index (χ1n) is 6.63. The molecule has 0 bridgehead atoms. The molecule has 0 saturated heterocycles. The zero-order valence-electron chi connectivity index (χ0n) is 11.0. The molecule has 3 nitrogen and oxygen atoms in total. The van der Waals surface area contributed by atoms with Crippen molar-refractivity contribution in [3.8, 4) is 0 Å². The van der Waals surface area contributed by atoms with Gasteiger partial charge in [-0.05, 0) is 31.4 Å². The largest absolute Gasteiger partial charge is 0.355 e. The zero-order valence-corrected chi connectivity index (χ0v) is 11.0. The lowest BCUT2D eigenvalue weighted by molar-refractivity contribution is 0.628. The summed E-state index contributed by atoms with van der Waals surface area (Å²) in [5.74, 6) is 1.64. The normalized spacial score (nSPS) is 17.1. The first kappa shape index (κ1) is 11.3. The maximum atomic E-state index is 4.52. The molecule has 2 aromatic rings. The third kappa shape index (κ3) is 1.90. The van der Waals surface area contributed by atoms with Crippen molar-refractivity contribution < 1.29 is 0 Å². The van der Waals surface area contributed by atoms with Crippen LogP contribution in [0.1, 0.15) is 29.7 Å². The first-order chi connectivity index (χ1) is 8.78. The Morgan fingerprint density at radius 1 is 1.39 bits per heavy atom. The zero-order chi connectivity index (χ0) is 12.5. The van der Waals surface area contributed by atoms with E-state index in [1.165, 1.54) is 17.5 Å². The van der Waals surface area contributed by atoms with Crippen molar-refractivity contribution in [1.82, 2.24) is 9.55 Å². The van der Waals surface area contributed by atoms with Gasteiger partial charge < -0.3 is 9.88 Å². The highest BCUT2D eigenvalue weighted by atomic mass is 15.2. The van der Waals surface area contributed by atoms with Gasteiger partial charge in [0.2, 0.25) is 5.95 Å². The maximum Gasteiger partial charge on any atom is 0.203 e. The molecule has 0 radical (unpaired) electrons. The lowest BCUT2D eigenvalue weighted by Crippen LogP contribution is -2.25. The average molecular weight is 241 g/mol. The minimum atomic E-state index is 0.642. The molecular weight excluding hydrogens is 222 g/mol. The van der Waals surface area contributed by atoms with Crippen LogP contribution < -0.4 is 5.32 Å². The number of hydrogen-bond acceptors (Lipinski definition) is 2. The summed E-state index contributed by atoms with van der Waals surface area (Å²) in [5.41, 5.74) is 4.07. The van der Waals surface area contributed by atoms with E-state index in [0.717, 1.165) is 24.7 Å². The van der Waals surface area contributed by atoms with Crippen LogP contribution >= 0.6 is 0 Å². The van der Waals surface area contributed by atoms with Gasteiger partial charge in [0, 0.05) is 25.2 Å². The molecule has 1 aliphatic carbocycles. The summed E-state index contributed by atoms with van der Waals surface area (Å²) in [6.07, 6.45) is 3.28. The molecule has 94 valence electrons. The van der Waals surface area contributed by atoms with Crippen LogP contribution in [0.5, 0.6) is 0 Å². The molecule has 1 aromatic heterocycles. The van der Waals surface area contributed by atoms with Crippen LogP contribution in [0.4, 0.5) is 5.95 Å². The van der Waals surface area contributed by atoms with Gasteiger partial charge in [-0.2, -0.15) is 0 Å². The maximum absolute atomic E-state index is 4.52. The van der Waals surface area contributed by atoms with Gasteiger partial charge in [-0.1, -0.05) is 24.3 Å². The summed E-state index contributed by atoms with van der Waals surface area (Å²) in [5, 5.41) is 3.48. The van der Waals surface area contributed by atoms with E-state index in [4.69, 9.17) is 0 Å². The second-order valence-electron chi connectivity index (χ2n) is 4.97. The lowest BCUT2D eigenvalue weighted by Gasteiger charge is -2.30. The smallest absolute Gasteiger partial charge is 0.203 e. The van der Waals surface area contributed by atoms with Gasteiger partial charge in [-0.3, -0.25) is 0 Å². The van der Waals surface area contributed by atoms with E-state index >= 15 is 0 Å². The molecular formula is C15H19N3. The fraction of sp³-hybridized carbons (Fsp3) is 0.400. The van der Waals surface area contributed by atoms with Crippen LogP contribution in [0.25, 0.3) is 0 Å². The molecule has 1 aliphatic rings. The van der Waals surface area contributed by atoms with Crippen molar-refractivity contribution in [1.29, 1.82) is 0 Å². The number of nitrogens with one attached hydrogen (secondary N) is 1. The van der Waals surface area contributed by atoms with E-state index in [2.05, 4.69) is 52.3 Å². The van der Waals surface area contributed by atoms with Gasteiger partial charge in [0.05, 0.1) is 5.69 Å². The highest BCUT2D eigenvalue weighted by Gasteiger charge is 2.25. The number of aromatic nitrogens is 2. The van der Waals surface area contributed by atoms with Crippen LogP contribution in [0.2, 0.25) is 0 Å². The molecule has 1 unspecified atom stereocenters. The van der Waals surface area contributed by atoms with Crippen LogP contribution in [-0.4, -0.2) is 16.1 Å². The number of aryl methyl sites for hydroxylation is 2. The molecule has 1 heterocycles. The predicted octanol–water partition coefficient (Wildman–Crippen LogP) is 2.96. The molecule has 0 spiro atoms. The molecule has 3 heteroatoms. The third-order valence-corrected chi connectivity index (χ3v) is 3.71. The van der Waals surface area contributed by atoms with Gasteiger partial charge in [0.1, 0.15) is 0 Å². The monoisotopic (exact) mass is 241 g/mol. The van der Waals surface area contributed by atoms with Crippen molar-refractivity contribution >= 4 is 5.95 Å². The number of nitrogens with zero attached hydrogens (tertiary/aromatic N) is 2. The standard InChI is InChI=1S/C15H19N3/c1-3-18-10-11(2)17-15(18)16-9-13-8-12-6-4-5-7-14(12)13/h4-7,10,13H,3,8-9H2,1-2H3,(H,16,17). The summed E-state index contributed by atoms with van der Waals surface area (Å²) in [6.45, 7) is 6.12. The van der Waals surface area contributed by atoms with Gasteiger partial charge in [-0.15, -0.1) is 0 Å². The van der Waals surface area contributed by atoms with Crippen LogP contribution in [0, 0.1) is 6.92 Å². The second kappa shape index (κ2) is 4.48. The van der Waals surface area contributed by atoms with Gasteiger partial charge in [0.15, 0.2) is 0 Å². The fourth-order valence-electron chi connectivity index (χ4n) is 2.69. The van der Waals surface area contributed by atoms with E-state index < -0.39 is 0 Å². The molecule has 1 N–H and O–H groups in total. The number of fused-ring (bicyclic) bond motifs is 1. The van der Waals surface area contributed by atoms with Crippen molar-refractivity contribution in [2.45, 2.75) is 32.7 Å². The minimum absolute atomic E-state index is 0.642. The molecule has 0 aliphatic heterocycles. The Bertz CT molecular complexity index is 557. The van der Waals surface area contributed by atoms with Gasteiger partial charge >= 0.3 is 0 Å². The van der Waals surface area contributed by atoms with E-state index in [1.54, 1.807) is 0 Å². The quantitative estimate of drug-likeness (QED) is 0.892. The van der Waals surface area contributed by atoms with Gasteiger partial charge in [-0.25, -0.2) is 4.98 Å². The lowest BCUT2D eigenvalue weighted by atomic mass is 9.78. The number of hydrogen-bond donors (Lipinski definition) is 1. The fourth-order valence-corrected chi connectivity index (χ4v) is 2.69. The molecule has 1 atom stereocenters. The highest BCUT2D eigenvalue weighted by Crippen LogP contribution is 2.34. The van der Waals surface area contributed by atoms with E-state index in [9.17, 15) is 0 Å². The molecule has 3 rings (SSSR count). The minimum Gasteiger partial charge on any atom is -0.355 e. The Hall–Kier alpha value is -1.77. The summed E-state index contributed by atoms with van der Waals surface area (Å²) < 4.78 is 2.17. The molecule has 0 saturated carbocycles. The van der Waals surface area contributed by atoms with Crippen molar-refractivity contribution in [2.24, 2.45) is 0 Å². The predicted molar refractivity (Wildman–Crippen MR) is 74.0 cm³/mol. The summed E-state index contributed by atoms with van der Waals surface area (Å²) >= 11 is 0. The molecule has 0 amide bonds. The SMILES string of the molecule is CCn1cc(C)nc1NCC1Cc2ccccc21. The Morgan fingerprint density at radius 3 is 3.00 bits per heavy atom. The van der Waals surface area contributed by atoms with Gasteiger partial charge in [0.25, 0.3) is 0 Å². The number of anilines is 1. The van der Waals surface area contributed by atoms with E-state index in [-0.39, 0.29) is 0 Å². The number of imidazole rings is 1. The average Bonchev–Trinajstić information content (AvgIpc) is 2.71. The summed E-state index contributed by atoms with van der Waals surface area (Å²) in [7, 11) is 0. The summed E-state index contributed by atoms with van der Waals surface area (Å²) in [6, 6.07) is 8.71. The van der Waals surface area contributed by atoms with Crippen LogP contribution in [-0.2, 0) is 13.0 Å². The summed E-state index contributed by atoms with van der Waals surface area (Å²) in [4.78, 5) is 4.52.